The molecule has 0 aromatic heterocycles. The molecular formula is C15H17N3O3. The Hall–Kier alpha value is -2.39. The van der Waals surface area contributed by atoms with Gasteiger partial charge in [0.2, 0.25) is 11.8 Å². The molecule has 1 heterocycles. The number of amides is 2. The van der Waals surface area contributed by atoms with Crippen LogP contribution in [0.5, 0.6) is 0 Å². The van der Waals surface area contributed by atoms with Crippen LogP contribution in [-0.2, 0) is 14.3 Å². The molecule has 1 aromatic carbocycles. The largest absolute Gasteiger partial charge is 0.383 e. The second-order valence-corrected chi connectivity index (χ2v) is 4.91. The summed E-state index contributed by atoms with van der Waals surface area (Å²) in [4.78, 5) is 25.6. The molecule has 6 nitrogen and oxygen atoms in total. The van der Waals surface area contributed by atoms with Gasteiger partial charge < -0.3 is 15.0 Å². The highest BCUT2D eigenvalue weighted by atomic mass is 16.5. The van der Waals surface area contributed by atoms with E-state index in [-0.39, 0.29) is 24.2 Å². The SMILES string of the molecule is COCCN1C[C@H](C(=O)Nc2ccc(C#N)cc2)CC1=O. The molecule has 0 aliphatic carbocycles. The summed E-state index contributed by atoms with van der Waals surface area (Å²) in [5.41, 5.74) is 1.16. The summed E-state index contributed by atoms with van der Waals surface area (Å²) in [6.07, 6.45) is 0.228. The Morgan fingerprint density at radius 1 is 1.48 bits per heavy atom. The zero-order chi connectivity index (χ0) is 15.2. The number of ether oxygens (including phenoxy) is 1. The summed E-state index contributed by atoms with van der Waals surface area (Å²) in [5.74, 6) is -0.537. The molecule has 110 valence electrons. The average molecular weight is 287 g/mol. The fourth-order valence-electron chi connectivity index (χ4n) is 2.24. The first kappa shape index (κ1) is 15.0. The van der Waals surface area contributed by atoms with E-state index < -0.39 is 0 Å². The van der Waals surface area contributed by atoms with E-state index in [4.69, 9.17) is 10.00 Å². The minimum atomic E-state index is -0.343. The minimum Gasteiger partial charge on any atom is -0.383 e. The highest BCUT2D eigenvalue weighted by Crippen LogP contribution is 2.20. The van der Waals surface area contributed by atoms with E-state index in [1.807, 2.05) is 6.07 Å². The third-order valence-electron chi connectivity index (χ3n) is 3.43. The maximum Gasteiger partial charge on any atom is 0.229 e. The van der Waals surface area contributed by atoms with Crippen LogP contribution in [0.2, 0.25) is 0 Å². The van der Waals surface area contributed by atoms with Crippen molar-refractivity contribution >= 4 is 17.5 Å². The van der Waals surface area contributed by atoms with Crippen molar-refractivity contribution in [2.45, 2.75) is 6.42 Å². The van der Waals surface area contributed by atoms with Crippen molar-refractivity contribution in [1.29, 1.82) is 5.26 Å². The maximum atomic E-state index is 12.1. The van der Waals surface area contributed by atoms with Crippen LogP contribution in [-0.4, -0.2) is 43.5 Å². The van der Waals surface area contributed by atoms with Crippen LogP contribution >= 0.6 is 0 Å². The lowest BCUT2D eigenvalue weighted by atomic mass is 10.1. The molecule has 2 amide bonds. The number of hydrogen-bond acceptors (Lipinski definition) is 4. The fraction of sp³-hybridized carbons (Fsp3) is 0.400. The molecule has 21 heavy (non-hydrogen) atoms. The van der Waals surface area contributed by atoms with Gasteiger partial charge in [0.05, 0.1) is 24.2 Å². The van der Waals surface area contributed by atoms with E-state index in [0.717, 1.165) is 0 Å². The lowest BCUT2D eigenvalue weighted by molar-refractivity contribution is -0.128. The maximum absolute atomic E-state index is 12.1. The first-order valence-electron chi connectivity index (χ1n) is 6.71. The second-order valence-electron chi connectivity index (χ2n) is 4.91. The molecule has 6 heteroatoms. The van der Waals surface area contributed by atoms with Gasteiger partial charge in [0.25, 0.3) is 0 Å². The molecule has 0 spiro atoms. The van der Waals surface area contributed by atoms with Crippen molar-refractivity contribution in [3.63, 3.8) is 0 Å². The number of carbonyl (C=O) groups excluding carboxylic acids is 2. The summed E-state index contributed by atoms with van der Waals surface area (Å²) in [5, 5.41) is 11.5. The van der Waals surface area contributed by atoms with Crippen LogP contribution in [0.25, 0.3) is 0 Å². The first-order chi connectivity index (χ1) is 10.1. The average Bonchev–Trinajstić information content (AvgIpc) is 2.87. The third kappa shape index (κ3) is 3.80. The topological polar surface area (TPSA) is 82.4 Å². The van der Waals surface area contributed by atoms with Crippen LogP contribution in [0.3, 0.4) is 0 Å². The summed E-state index contributed by atoms with van der Waals surface area (Å²) in [7, 11) is 1.58. The predicted molar refractivity (Wildman–Crippen MR) is 76.3 cm³/mol. The fourth-order valence-corrected chi connectivity index (χ4v) is 2.24. The number of rotatable bonds is 5. The van der Waals surface area contributed by atoms with Gasteiger partial charge in [-0.2, -0.15) is 5.26 Å². The molecule has 1 N–H and O–H groups in total. The zero-order valence-electron chi connectivity index (χ0n) is 11.8. The van der Waals surface area contributed by atoms with Gasteiger partial charge in [-0.1, -0.05) is 0 Å². The van der Waals surface area contributed by atoms with E-state index in [1.165, 1.54) is 0 Å². The number of likely N-dealkylation sites (tertiary alicyclic amines) is 1. The van der Waals surface area contributed by atoms with Crippen LogP contribution in [0.4, 0.5) is 5.69 Å². The van der Waals surface area contributed by atoms with Gasteiger partial charge in [0.1, 0.15) is 0 Å². The molecule has 2 rings (SSSR count). The molecule has 0 unspecified atom stereocenters. The third-order valence-corrected chi connectivity index (χ3v) is 3.43. The summed E-state index contributed by atoms with van der Waals surface area (Å²) < 4.78 is 4.94. The molecular weight excluding hydrogens is 270 g/mol. The highest BCUT2D eigenvalue weighted by molar-refractivity contribution is 5.97. The van der Waals surface area contributed by atoms with Gasteiger partial charge in [0, 0.05) is 32.3 Å². The van der Waals surface area contributed by atoms with Gasteiger partial charge in [-0.25, -0.2) is 0 Å². The van der Waals surface area contributed by atoms with E-state index in [1.54, 1.807) is 36.3 Å². The molecule has 0 saturated carbocycles. The Morgan fingerprint density at radius 3 is 2.81 bits per heavy atom. The van der Waals surface area contributed by atoms with Crippen molar-refractivity contribution in [2.75, 3.05) is 32.1 Å². The van der Waals surface area contributed by atoms with Crippen molar-refractivity contribution in [2.24, 2.45) is 5.92 Å². The van der Waals surface area contributed by atoms with E-state index in [0.29, 0.717) is 30.9 Å². The molecule has 0 radical (unpaired) electrons. The molecule has 1 aromatic rings. The molecule has 0 bridgehead atoms. The molecule has 1 aliphatic heterocycles. The Labute approximate surface area is 123 Å². The number of benzene rings is 1. The van der Waals surface area contributed by atoms with Gasteiger partial charge >= 0.3 is 0 Å². The summed E-state index contributed by atoms with van der Waals surface area (Å²) >= 11 is 0. The Morgan fingerprint density at radius 2 is 2.19 bits per heavy atom. The van der Waals surface area contributed by atoms with E-state index >= 15 is 0 Å². The minimum absolute atomic E-state index is 0.0213. The van der Waals surface area contributed by atoms with Gasteiger partial charge in [-0.05, 0) is 24.3 Å². The van der Waals surface area contributed by atoms with E-state index in [9.17, 15) is 9.59 Å². The lowest BCUT2D eigenvalue weighted by Gasteiger charge is -2.15. The van der Waals surface area contributed by atoms with E-state index in [2.05, 4.69) is 5.32 Å². The molecule has 1 atom stereocenters. The molecule has 1 fully saturated rings. The Kier molecular flexibility index (Phi) is 4.90. The van der Waals surface area contributed by atoms with Crippen molar-refractivity contribution in [1.82, 2.24) is 4.90 Å². The Bertz CT molecular complexity index is 563. The number of nitrogens with zero attached hydrogens (tertiary/aromatic N) is 2. The first-order valence-corrected chi connectivity index (χ1v) is 6.71. The van der Waals surface area contributed by atoms with Crippen LogP contribution in [0.1, 0.15) is 12.0 Å². The molecule has 1 aliphatic rings. The number of nitrogens with one attached hydrogen (secondary N) is 1. The smallest absolute Gasteiger partial charge is 0.229 e. The number of nitriles is 1. The predicted octanol–water partition coefficient (Wildman–Crippen LogP) is 0.992. The standard InChI is InChI=1S/C15H17N3O3/c1-21-7-6-18-10-12(8-14(18)19)15(20)17-13-4-2-11(9-16)3-5-13/h2-5,12H,6-8,10H2,1H3,(H,17,20)/t12-/m1/s1. The van der Waals surface area contributed by atoms with Crippen molar-refractivity contribution in [3.8, 4) is 6.07 Å². The van der Waals surface area contributed by atoms with Crippen molar-refractivity contribution < 1.29 is 14.3 Å². The lowest BCUT2D eigenvalue weighted by Crippen LogP contribution is -2.30. The van der Waals surface area contributed by atoms with Crippen molar-refractivity contribution in [3.05, 3.63) is 29.8 Å². The molecule has 1 saturated heterocycles. The second kappa shape index (κ2) is 6.86. The van der Waals surface area contributed by atoms with Gasteiger partial charge in [0.15, 0.2) is 0 Å². The van der Waals surface area contributed by atoms with Crippen LogP contribution in [0.15, 0.2) is 24.3 Å². The number of methoxy groups -OCH3 is 1. The highest BCUT2D eigenvalue weighted by Gasteiger charge is 2.33. The number of anilines is 1. The van der Waals surface area contributed by atoms with Gasteiger partial charge in [-0.3, -0.25) is 9.59 Å². The van der Waals surface area contributed by atoms with Gasteiger partial charge in [-0.15, -0.1) is 0 Å². The van der Waals surface area contributed by atoms with Crippen LogP contribution in [0, 0.1) is 17.2 Å². The monoisotopic (exact) mass is 287 g/mol. The van der Waals surface area contributed by atoms with Crippen LogP contribution < -0.4 is 5.32 Å². The number of carbonyl (C=O) groups is 2. The summed E-state index contributed by atoms with van der Waals surface area (Å²) in [6, 6.07) is 8.65. The normalized spacial score (nSPS) is 17.6. The number of hydrogen-bond donors (Lipinski definition) is 1. The zero-order valence-corrected chi connectivity index (χ0v) is 11.8. The quantitative estimate of drug-likeness (QED) is 0.875. The Balaban J connectivity index is 1.91. The summed E-state index contributed by atoms with van der Waals surface area (Å²) in [6.45, 7) is 1.40.